The molecule has 0 unspecified atom stereocenters. The van der Waals surface area contributed by atoms with Crippen molar-refractivity contribution in [3.05, 3.63) is 29.1 Å². The molecule has 1 aliphatic heterocycles. The number of fused-ring (bicyclic) bond motifs is 1. The molecule has 0 radical (unpaired) electrons. The number of anilines is 1. The third-order valence-corrected chi connectivity index (χ3v) is 4.39. The number of hydrogen-bond acceptors (Lipinski definition) is 3. The minimum absolute atomic E-state index is 0.912. The summed E-state index contributed by atoms with van der Waals surface area (Å²) >= 11 is 1.84. The van der Waals surface area contributed by atoms with Gasteiger partial charge < -0.3 is 5.73 Å². The van der Waals surface area contributed by atoms with Crippen LogP contribution in [0.5, 0.6) is 0 Å². The summed E-state index contributed by atoms with van der Waals surface area (Å²) in [6, 6.07) is 8.45. The summed E-state index contributed by atoms with van der Waals surface area (Å²) in [5.74, 6) is 0. The van der Waals surface area contributed by atoms with Crippen LogP contribution < -0.4 is 5.73 Å². The monoisotopic (exact) mass is 232 g/mol. The third-order valence-electron chi connectivity index (χ3n) is 3.20. The molecule has 1 aromatic heterocycles. The molecule has 0 saturated carbocycles. The van der Waals surface area contributed by atoms with E-state index in [2.05, 4.69) is 17.0 Å². The summed E-state index contributed by atoms with van der Waals surface area (Å²) < 4.78 is 1.25. The fraction of sp³-hybridized carbons (Fsp3) is 0.385. The molecule has 1 aliphatic rings. The van der Waals surface area contributed by atoms with Crippen LogP contribution in [0.15, 0.2) is 24.3 Å². The van der Waals surface area contributed by atoms with Crippen LogP contribution in [0.3, 0.4) is 0 Å². The van der Waals surface area contributed by atoms with E-state index in [0.717, 1.165) is 12.2 Å². The van der Waals surface area contributed by atoms with Gasteiger partial charge in [0.25, 0.3) is 0 Å². The van der Waals surface area contributed by atoms with Crippen molar-refractivity contribution in [1.29, 1.82) is 0 Å². The molecular formula is C13H16N2S. The zero-order valence-electron chi connectivity index (χ0n) is 9.28. The molecule has 2 heterocycles. The van der Waals surface area contributed by atoms with Crippen LogP contribution in [0.25, 0.3) is 10.1 Å². The fourth-order valence-corrected chi connectivity index (χ4v) is 3.50. The van der Waals surface area contributed by atoms with E-state index in [0.29, 0.717) is 0 Å². The summed E-state index contributed by atoms with van der Waals surface area (Å²) in [5.41, 5.74) is 6.89. The van der Waals surface area contributed by atoms with Crippen LogP contribution >= 0.6 is 11.3 Å². The number of nitrogens with zero attached hydrogens (tertiary/aromatic N) is 1. The van der Waals surface area contributed by atoms with Gasteiger partial charge in [0, 0.05) is 17.1 Å². The Balaban J connectivity index is 1.90. The standard InChI is InChI=1S/C13H16N2S/c14-12-5-3-4-10-8-11(16-13(10)12)9-15-6-1-2-7-15/h3-5,8H,1-2,6-7,9,14H2. The van der Waals surface area contributed by atoms with Crippen molar-refractivity contribution in [2.45, 2.75) is 19.4 Å². The Morgan fingerprint density at radius 2 is 2.06 bits per heavy atom. The van der Waals surface area contributed by atoms with Gasteiger partial charge in [-0.15, -0.1) is 11.3 Å². The van der Waals surface area contributed by atoms with Crippen LogP contribution in [-0.2, 0) is 6.54 Å². The van der Waals surface area contributed by atoms with Crippen molar-refractivity contribution in [3.63, 3.8) is 0 Å². The van der Waals surface area contributed by atoms with Gasteiger partial charge in [0.15, 0.2) is 0 Å². The molecule has 1 aromatic carbocycles. The number of hydrogen-bond donors (Lipinski definition) is 1. The van der Waals surface area contributed by atoms with Gasteiger partial charge in [-0.1, -0.05) is 12.1 Å². The van der Waals surface area contributed by atoms with Crippen LogP contribution in [0.1, 0.15) is 17.7 Å². The van der Waals surface area contributed by atoms with Crippen molar-refractivity contribution >= 4 is 27.1 Å². The first-order chi connectivity index (χ1) is 7.83. The first kappa shape index (κ1) is 10.1. The Bertz CT molecular complexity index is 498. The summed E-state index contributed by atoms with van der Waals surface area (Å²) in [4.78, 5) is 3.97. The van der Waals surface area contributed by atoms with Crippen molar-refractivity contribution < 1.29 is 0 Å². The van der Waals surface area contributed by atoms with Crippen LogP contribution in [0, 0.1) is 0 Å². The van der Waals surface area contributed by atoms with E-state index in [9.17, 15) is 0 Å². The predicted octanol–water partition coefficient (Wildman–Crippen LogP) is 3.08. The van der Waals surface area contributed by atoms with E-state index in [1.807, 2.05) is 23.5 Å². The number of rotatable bonds is 2. The molecule has 1 saturated heterocycles. The molecule has 0 atom stereocenters. The minimum atomic E-state index is 0.912. The molecule has 2 aromatic rings. The summed E-state index contributed by atoms with van der Waals surface area (Å²) in [6.07, 6.45) is 2.71. The molecule has 16 heavy (non-hydrogen) atoms. The van der Waals surface area contributed by atoms with Gasteiger partial charge in [-0.25, -0.2) is 0 Å². The lowest BCUT2D eigenvalue weighted by atomic mass is 10.2. The van der Waals surface area contributed by atoms with E-state index >= 15 is 0 Å². The lowest BCUT2D eigenvalue weighted by molar-refractivity contribution is 0.334. The Morgan fingerprint density at radius 3 is 2.81 bits per heavy atom. The first-order valence-electron chi connectivity index (χ1n) is 5.82. The van der Waals surface area contributed by atoms with Crippen molar-refractivity contribution in [2.24, 2.45) is 0 Å². The Hall–Kier alpha value is -1.06. The third kappa shape index (κ3) is 1.81. The highest BCUT2D eigenvalue weighted by atomic mass is 32.1. The molecule has 0 spiro atoms. The zero-order chi connectivity index (χ0) is 11.0. The smallest absolute Gasteiger partial charge is 0.0575 e. The molecule has 1 fully saturated rings. The topological polar surface area (TPSA) is 29.3 Å². The molecule has 3 rings (SSSR count). The van der Waals surface area contributed by atoms with Crippen LogP contribution in [0.2, 0.25) is 0 Å². The Labute approximate surface area is 99.7 Å². The van der Waals surface area contributed by atoms with Crippen LogP contribution in [0.4, 0.5) is 5.69 Å². The van der Waals surface area contributed by atoms with E-state index in [1.54, 1.807) is 0 Å². The quantitative estimate of drug-likeness (QED) is 0.806. The second-order valence-electron chi connectivity index (χ2n) is 4.46. The van der Waals surface area contributed by atoms with E-state index in [-0.39, 0.29) is 0 Å². The number of likely N-dealkylation sites (tertiary alicyclic amines) is 1. The number of nitrogen functional groups attached to an aromatic ring is 1. The van der Waals surface area contributed by atoms with Crippen molar-refractivity contribution in [3.8, 4) is 0 Å². The number of benzene rings is 1. The largest absolute Gasteiger partial charge is 0.398 e. The minimum Gasteiger partial charge on any atom is -0.398 e. The van der Waals surface area contributed by atoms with Crippen LogP contribution in [-0.4, -0.2) is 18.0 Å². The molecule has 0 bridgehead atoms. The lowest BCUT2D eigenvalue weighted by Crippen LogP contribution is -2.17. The van der Waals surface area contributed by atoms with Gasteiger partial charge in [-0.3, -0.25) is 4.90 Å². The Morgan fingerprint density at radius 1 is 1.25 bits per heavy atom. The van der Waals surface area contributed by atoms with Gasteiger partial charge in [0.05, 0.1) is 4.70 Å². The summed E-state index contributed by atoms with van der Waals surface area (Å²) in [7, 11) is 0. The summed E-state index contributed by atoms with van der Waals surface area (Å²) in [5, 5.41) is 1.29. The lowest BCUT2D eigenvalue weighted by Gasteiger charge is -2.12. The number of thiophene rings is 1. The molecular weight excluding hydrogens is 216 g/mol. The van der Waals surface area contributed by atoms with Gasteiger partial charge in [-0.2, -0.15) is 0 Å². The summed E-state index contributed by atoms with van der Waals surface area (Å²) in [6.45, 7) is 3.60. The fourth-order valence-electron chi connectivity index (χ4n) is 2.38. The molecule has 0 aliphatic carbocycles. The Kier molecular flexibility index (Phi) is 2.58. The SMILES string of the molecule is Nc1cccc2cc(CN3CCCC3)sc12. The first-order valence-corrected chi connectivity index (χ1v) is 6.64. The normalized spacial score (nSPS) is 17.2. The highest BCUT2D eigenvalue weighted by Gasteiger charge is 2.13. The zero-order valence-corrected chi connectivity index (χ0v) is 10.1. The molecule has 0 amide bonds. The van der Waals surface area contributed by atoms with E-state index < -0.39 is 0 Å². The van der Waals surface area contributed by atoms with Gasteiger partial charge >= 0.3 is 0 Å². The maximum atomic E-state index is 5.97. The maximum absolute atomic E-state index is 5.97. The predicted molar refractivity (Wildman–Crippen MR) is 70.7 cm³/mol. The molecule has 2 N–H and O–H groups in total. The van der Waals surface area contributed by atoms with Crippen molar-refractivity contribution in [2.75, 3.05) is 18.8 Å². The second kappa shape index (κ2) is 4.07. The molecule has 2 nitrogen and oxygen atoms in total. The van der Waals surface area contributed by atoms with Gasteiger partial charge in [0.1, 0.15) is 0 Å². The van der Waals surface area contributed by atoms with Crippen molar-refractivity contribution in [1.82, 2.24) is 4.90 Å². The van der Waals surface area contributed by atoms with E-state index in [1.165, 1.54) is 40.9 Å². The van der Waals surface area contributed by atoms with Gasteiger partial charge in [-0.05, 0) is 43.5 Å². The maximum Gasteiger partial charge on any atom is 0.0575 e. The molecule has 84 valence electrons. The average Bonchev–Trinajstić information content (AvgIpc) is 2.88. The van der Waals surface area contributed by atoms with Gasteiger partial charge in [0.2, 0.25) is 0 Å². The van der Waals surface area contributed by atoms with E-state index in [4.69, 9.17) is 5.73 Å². The highest BCUT2D eigenvalue weighted by molar-refractivity contribution is 7.19. The average molecular weight is 232 g/mol. The molecule has 3 heteroatoms. The number of nitrogens with two attached hydrogens (primary N) is 1. The highest BCUT2D eigenvalue weighted by Crippen LogP contribution is 2.31. The second-order valence-corrected chi connectivity index (χ2v) is 5.60.